The minimum absolute atomic E-state index is 0.166. The Morgan fingerprint density at radius 3 is 2.12 bits per heavy atom. The molecule has 0 spiro atoms. The lowest BCUT2D eigenvalue weighted by Crippen LogP contribution is -2.43. The lowest BCUT2D eigenvalue weighted by Gasteiger charge is -2.33. The molecular formula is C28H29NO3. The third-order valence-corrected chi connectivity index (χ3v) is 6.99. The van der Waals surface area contributed by atoms with Gasteiger partial charge in [-0.05, 0) is 48.4 Å². The first kappa shape index (κ1) is 20.9. The van der Waals surface area contributed by atoms with E-state index in [1.807, 2.05) is 48.5 Å². The van der Waals surface area contributed by atoms with Crippen LogP contribution in [0.4, 0.5) is 0 Å². The SMILES string of the molecule is Cc1ccccc1CCN1CCC(OC(=O)C2(O)c3ccccc3-c3ccccc32)CC1. The van der Waals surface area contributed by atoms with Gasteiger partial charge in [-0.3, -0.25) is 0 Å². The molecule has 2 aliphatic rings. The number of aryl methyl sites for hydroxylation is 1. The van der Waals surface area contributed by atoms with Crippen molar-refractivity contribution >= 4 is 5.97 Å². The highest BCUT2D eigenvalue weighted by Gasteiger charge is 2.49. The molecule has 4 nitrogen and oxygen atoms in total. The van der Waals surface area contributed by atoms with Crippen LogP contribution in [0.2, 0.25) is 0 Å². The van der Waals surface area contributed by atoms with E-state index in [-0.39, 0.29) is 6.10 Å². The summed E-state index contributed by atoms with van der Waals surface area (Å²) in [5, 5.41) is 11.6. The Hall–Kier alpha value is -2.95. The Balaban J connectivity index is 1.23. The molecular weight excluding hydrogens is 398 g/mol. The molecule has 0 amide bonds. The van der Waals surface area contributed by atoms with E-state index in [0.29, 0.717) is 11.1 Å². The zero-order valence-corrected chi connectivity index (χ0v) is 18.5. The molecule has 1 N–H and O–H groups in total. The first-order valence-electron chi connectivity index (χ1n) is 11.5. The molecule has 164 valence electrons. The van der Waals surface area contributed by atoms with Crippen LogP contribution in [0.15, 0.2) is 72.8 Å². The Labute approximate surface area is 189 Å². The van der Waals surface area contributed by atoms with E-state index in [0.717, 1.165) is 50.0 Å². The molecule has 0 bridgehead atoms. The van der Waals surface area contributed by atoms with Gasteiger partial charge in [-0.1, -0.05) is 72.8 Å². The van der Waals surface area contributed by atoms with Crippen LogP contribution < -0.4 is 0 Å². The van der Waals surface area contributed by atoms with Crippen LogP contribution in [0.3, 0.4) is 0 Å². The van der Waals surface area contributed by atoms with Gasteiger partial charge in [0.05, 0.1) is 0 Å². The summed E-state index contributed by atoms with van der Waals surface area (Å²) in [4.78, 5) is 15.7. The Morgan fingerprint density at radius 2 is 1.50 bits per heavy atom. The van der Waals surface area contributed by atoms with E-state index in [4.69, 9.17) is 4.74 Å². The van der Waals surface area contributed by atoms with Gasteiger partial charge in [-0.25, -0.2) is 4.79 Å². The summed E-state index contributed by atoms with van der Waals surface area (Å²) in [6, 6.07) is 23.7. The summed E-state index contributed by atoms with van der Waals surface area (Å²) in [7, 11) is 0. The quantitative estimate of drug-likeness (QED) is 0.611. The topological polar surface area (TPSA) is 49.8 Å². The van der Waals surface area contributed by atoms with E-state index < -0.39 is 11.6 Å². The fourth-order valence-corrected chi connectivity index (χ4v) is 5.09. The predicted molar refractivity (Wildman–Crippen MR) is 125 cm³/mol. The van der Waals surface area contributed by atoms with E-state index >= 15 is 0 Å². The zero-order valence-electron chi connectivity index (χ0n) is 18.5. The molecule has 3 aromatic rings. The minimum atomic E-state index is -1.74. The third kappa shape index (κ3) is 3.64. The van der Waals surface area contributed by atoms with E-state index in [2.05, 4.69) is 36.1 Å². The van der Waals surface area contributed by atoms with Crippen molar-refractivity contribution in [2.24, 2.45) is 0 Å². The summed E-state index contributed by atoms with van der Waals surface area (Å²) < 4.78 is 5.91. The Bertz CT molecular complexity index is 1090. The van der Waals surface area contributed by atoms with Crippen LogP contribution in [0.25, 0.3) is 11.1 Å². The molecule has 3 aromatic carbocycles. The van der Waals surface area contributed by atoms with Crippen molar-refractivity contribution in [3.05, 3.63) is 95.1 Å². The maximum absolute atomic E-state index is 13.3. The fraction of sp³-hybridized carbons (Fsp3) is 0.321. The number of carbonyl (C=O) groups is 1. The minimum Gasteiger partial charge on any atom is -0.460 e. The van der Waals surface area contributed by atoms with Gasteiger partial charge in [-0.15, -0.1) is 0 Å². The molecule has 5 rings (SSSR count). The number of esters is 1. The average Bonchev–Trinajstić information content (AvgIpc) is 3.10. The number of carbonyl (C=O) groups excluding carboxylic acids is 1. The van der Waals surface area contributed by atoms with Crippen LogP contribution in [-0.2, 0) is 21.6 Å². The van der Waals surface area contributed by atoms with Crippen molar-refractivity contribution in [3.63, 3.8) is 0 Å². The summed E-state index contributed by atoms with van der Waals surface area (Å²) in [6.07, 6.45) is 2.45. The van der Waals surface area contributed by atoms with E-state index in [1.165, 1.54) is 11.1 Å². The molecule has 1 heterocycles. The zero-order chi connectivity index (χ0) is 22.1. The summed E-state index contributed by atoms with van der Waals surface area (Å²) in [5.41, 5.74) is 4.00. The molecule has 1 fully saturated rings. The van der Waals surface area contributed by atoms with Gasteiger partial charge in [0, 0.05) is 30.8 Å². The van der Waals surface area contributed by atoms with Crippen molar-refractivity contribution in [2.45, 2.75) is 37.9 Å². The molecule has 0 aromatic heterocycles. The molecule has 1 aliphatic carbocycles. The van der Waals surface area contributed by atoms with Gasteiger partial charge >= 0.3 is 5.97 Å². The van der Waals surface area contributed by atoms with Crippen LogP contribution in [0, 0.1) is 6.92 Å². The number of rotatable bonds is 5. The Morgan fingerprint density at radius 1 is 0.938 bits per heavy atom. The van der Waals surface area contributed by atoms with Crippen molar-refractivity contribution in [1.29, 1.82) is 0 Å². The molecule has 1 saturated heterocycles. The summed E-state index contributed by atoms with van der Waals surface area (Å²) >= 11 is 0. The summed E-state index contributed by atoms with van der Waals surface area (Å²) in [5.74, 6) is -0.562. The molecule has 32 heavy (non-hydrogen) atoms. The molecule has 0 unspecified atom stereocenters. The first-order valence-corrected chi connectivity index (χ1v) is 11.5. The second-order valence-corrected chi connectivity index (χ2v) is 8.92. The lowest BCUT2D eigenvalue weighted by atomic mass is 9.91. The van der Waals surface area contributed by atoms with Crippen LogP contribution in [0.5, 0.6) is 0 Å². The number of piperidine rings is 1. The van der Waals surface area contributed by atoms with Gasteiger partial charge in [0.1, 0.15) is 6.10 Å². The van der Waals surface area contributed by atoms with Crippen molar-refractivity contribution in [3.8, 4) is 11.1 Å². The van der Waals surface area contributed by atoms with E-state index in [1.54, 1.807) is 0 Å². The number of hydrogen-bond donors (Lipinski definition) is 1. The van der Waals surface area contributed by atoms with E-state index in [9.17, 15) is 9.90 Å². The monoisotopic (exact) mass is 427 g/mol. The molecule has 0 atom stereocenters. The number of benzene rings is 3. The second kappa shape index (κ2) is 8.53. The first-order chi connectivity index (χ1) is 15.6. The smallest absolute Gasteiger partial charge is 0.348 e. The number of ether oxygens (including phenoxy) is 1. The van der Waals surface area contributed by atoms with Gasteiger partial charge in [0.25, 0.3) is 0 Å². The number of hydrogen-bond acceptors (Lipinski definition) is 4. The predicted octanol–water partition coefficient (Wildman–Crippen LogP) is 4.46. The standard InChI is InChI=1S/C28H29NO3/c1-20-8-2-3-9-21(20)14-17-29-18-15-22(16-19-29)32-27(30)28(31)25-12-6-4-10-23(25)24-11-5-7-13-26(24)28/h2-13,22,31H,14-19H2,1H3. The normalized spacial score (nSPS) is 17.6. The Kier molecular flexibility index (Phi) is 5.58. The molecule has 4 heteroatoms. The number of likely N-dealkylation sites (tertiary alicyclic amines) is 1. The van der Waals surface area contributed by atoms with Crippen molar-refractivity contribution < 1.29 is 14.6 Å². The number of fused-ring (bicyclic) bond motifs is 3. The van der Waals surface area contributed by atoms with Crippen molar-refractivity contribution in [2.75, 3.05) is 19.6 Å². The highest BCUT2D eigenvalue weighted by Crippen LogP contribution is 2.48. The highest BCUT2D eigenvalue weighted by atomic mass is 16.6. The third-order valence-electron chi connectivity index (χ3n) is 6.99. The number of aliphatic hydroxyl groups is 1. The second-order valence-electron chi connectivity index (χ2n) is 8.92. The van der Waals surface area contributed by atoms with Gasteiger partial charge < -0.3 is 14.7 Å². The van der Waals surface area contributed by atoms with Gasteiger partial charge in [-0.2, -0.15) is 0 Å². The van der Waals surface area contributed by atoms with Crippen molar-refractivity contribution in [1.82, 2.24) is 4.90 Å². The molecule has 0 saturated carbocycles. The van der Waals surface area contributed by atoms with Crippen LogP contribution >= 0.6 is 0 Å². The van der Waals surface area contributed by atoms with Gasteiger partial charge in [0.2, 0.25) is 5.60 Å². The maximum Gasteiger partial charge on any atom is 0.348 e. The number of nitrogens with zero attached hydrogens (tertiary/aromatic N) is 1. The fourth-order valence-electron chi connectivity index (χ4n) is 5.09. The summed E-state index contributed by atoms with van der Waals surface area (Å²) in [6.45, 7) is 4.96. The molecule has 0 radical (unpaired) electrons. The van der Waals surface area contributed by atoms with Crippen LogP contribution in [-0.4, -0.2) is 41.7 Å². The lowest BCUT2D eigenvalue weighted by molar-refractivity contribution is -0.169. The molecule has 1 aliphatic heterocycles. The highest BCUT2D eigenvalue weighted by molar-refractivity contribution is 5.96. The van der Waals surface area contributed by atoms with Crippen LogP contribution in [0.1, 0.15) is 35.1 Å². The largest absolute Gasteiger partial charge is 0.460 e. The average molecular weight is 428 g/mol. The maximum atomic E-state index is 13.3. The van der Waals surface area contributed by atoms with Gasteiger partial charge in [0.15, 0.2) is 0 Å².